The highest BCUT2D eigenvalue weighted by Crippen LogP contribution is 2.19. The van der Waals surface area contributed by atoms with E-state index in [2.05, 4.69) is 52.8 Å². The van der Waals surface area contributed by atoms with Crippen molar-refractivity contribution in [2.45, 2.75) is 25.8 Å². The number of benzene rings is 2. The Morgan fingerprint density at radius 1 is 1.00 bits per heavy atom. The Balaban J connectivity index is 1.76. The molecule has 4 heteroatoms. The molecule has 0 amide bonds. The van der Waals surface area contributed by atoms with E-state index in [-0.39, 0.29) is 0 Å². The minimum absolute atomic E-state index is 0.740. The molecule has 0 saturated heterocycles. The molecule has 0 fully saturated rings. The molecule has 0 saturated carbocycles. The van der Waals surface area contributed by atoms with Gasteiger partial charge in [0, 0.05) is 6.20 Å². The number of aryl methyl sites for hydroxylation is 1. The van der Waals surface area contributed by atoms with Crippen LogP contribution in [0.15, 0.2) is 48.7 Å². The molecule has 3 rings (SSSR count). The van der Waals surface area contributed by atoms with Gasteiger partial charge in [0.15, 0.2) is 0 Å². The number of hydrogen-bond acceptors (Lipinski definition) is 3. The molecule has 1 aromatic heterocycles. The average molecular weight is 280 g/mol. The fourth-order valence-corrected chi connectivity index (χ4v) is 2.59. The Labute approximate surface area is 124 Å². The maximum Gasteiger partial charge on any atom is 0.0827 e. The Kier molecular flexibility index (Phi) is 4.26. The molecule has 2 N–H and O–H groups in total. The third-order valence-corrected chi connectivity index (χ3v) is 3.69. The van der Waals surface area contributed by atoms with Crippen LogP contribution in [-0.4, -0.2) is 21.5 Å². The zero-order chi connectivity index (χ0) is 14.5. The van der Waals surface area contributed by atoms with E-state index in [4.69, 9.17) is 5.73 Å². The van der Waals surface area contributed by atoms with E-state index in [1.807, 2.05) is 10.9 Å². The third kappa shape index (κ3) is 3.28. The monoisotopic (exact) mass is 280 g/mol. The van der Waals surface area contributed by atoms with Gasteiger partial charge in [0.1, 0.15) is 0 Å². The van der Waals surface area contributed by atoms with Crippen LogP contribution in [0.4, 0.5) is 0 Å². The van der Waals surface area contributed by atoms with E-state index in [0.29, 0.717) is 0 Å². The molecule has 0 radical (unpaired) electrons. The van der Waals surface area contributed by atoms with Gasteiger partial charge >= 0.3 is 0 Å². The molecule has 108 valence electrons. The first-order valence-corrected chi connectivity index (χ1v) is 7.42. The van der Waals surface area contributed by atoms with Crippen molar-refractivity contribution in [1.82, 2.24) is 15.0 Å². The predicted molar refractivity (Wildman–Crippen MR) is 85.1 cm³/mol. The summed E-state index contributed by atoms with van der Waals surface area (Å²) in [6, 6.07) is 14.8. The van der Waals surface area contributed by atoms with Gasteiger partial charge in [0.2, 0.25) is 0 Å². The van der Waals surface area contributed by atoms with E-state index in [1.54, 1.807) is 0 Å². The largest absolute Gasteiger partial charge is 0.330 e. The lowest BCUT2D eigenvalue weighted by atomic mass is 10.0. The summed E-state index contributed by atoms with van der Waals surface area (Å²) in [5.74, 6) is 0. The summed E-state index contributed by atoms with van der Waals surface area (Å²) in [5.41, 5.74) is 7.83. The summed E-state index contributed by atoms with van der Waals surface area (Å²) >= 11 is 0. The topological polar surface area (TPSA) is 56.7 Å². The van der Waals surface area contributed by atoms with Crippen molar-refractivity contribution in [2.24, 2.45) is 5.73 Å². The standard InChI is InChI=1S/C17H20N4/c18-11-4-3-9-16-13-21(20-19-16)12-15-8-5-7-14-6-1-2-10-17(14)15/h1-2,5-8,10,13H,3-4,9,11-12,18H2. The summed E-state index contributed by atoms with van der Waals surface area (Å²) in [5, 5.41) is 11.0. The molecule has 0 aliphatic carbocycles. The normalized spacial score (nSPS) is 11.1. The molecule has 0 aliphatic heterocycles. The highest BCUT2D eigenvalue weighted by Gasteiger charge is 2.04. The van der Waals surface area contributed by atoms with Crippen LogP contribution < -0.4 is 5.73 Å². The summed E-state index contributed by atoms with van der Waals surface area (Å²) in [6.07, 6.45) is 5.10. The van der Waals surface area contributed by atoms with Crippen molar-refractivity contribution in [1.29, 1.82) is 0 Å². The van der Waals surface area contributed by atoms with Crippen molar-refractivity contribution in [3.8, 4) is 0 Å². The first-order valence-electron chi connectivity index (χ1n) is 7.42. The van der Waals surface area contributed by atoms with Gasteiger partial charge in [-0.15, -0.1) is 5.10 Å². The molecule has 4 nitrogen and oxygen atoms in total. The maximum absolute atomic E-state index is 5.51. The van der Waals surface area contributed by atoms with E-state index in [0.717, 1.165) is 38.0 Å². The molecular formula is C17H20N4. The third-order valence-electron chi connectivity index (χ3n) is 3.69. The molecule has 0 spiro atoms. The molecule has 0 aliphatic rings. The quantitative estimate of drug-likeness (QED) is 0.706. The lowest BCUT2D eigenvalue weighted by molar-refractivity contribution is 0.651. The second kappa shape index (κ2) is 6.50. The van der Waals surface area contributed by atoms with Crippen LogP contribution in [-0.2, 0) is 13.0 Å². The van der Waals surface area contributed by atoms with Crippen molar-refractivity contribution >= 4 is 10.8 Å². The van der Waals surface area contributed by atoms with Gasteiger partial charge in [0.25, 0.3) is 0 Å². The van der Waals surface area contributed by atoms with Crippen molar-refractivity contribution in [2.75, 3.05) is 6.54 Å². The molecule has 21 heavy (non-hydrogen) atoms. The number of nitrogens with zero attached hydrogens (tertiary/aromatic N) is 3. The summed E-state index contributed by atoms with van der Waals surface area (Å²) in [6.45, 7) is 1.50. The minimum atomic E-state index is 0.740. The fourth-order valence-electron chi connectivity index (χ4n) is 2.59. The van der Waals surface area contributed by atoms with Crippen molar-refractivity contribution in [3.63, 3.8) is 0 Å². The van der Waals surface area contributed by atoms with Gasteiger partial charge < -0.3 is 5.73 Å². The number of unbranched alkanes of at least 4 members (excludes halogenated alkanes) is 1. The van der Waals surface area contributed by atoms with Crippen LogP contribution in [0.5, 0.6) is 0 Å². The number of rotatable bonds is 6. The van der Waals surface area contributed by atoms with Crippen LogP contribution in [0.1, 0.15) is 24.1 Å². The highest BCUT2D eigenvalue weighted by atomic mass is 15.4. The SMILES string of the molecule is NCCCCc1cn(Cc2cccc3ccccc23)nn1. The Morgan fingerprint density at radius 2 is 1.86 bits per heavy atom. The van der Waals surface area contributed by atoms with Crippen LogP contribution in [0, 0.1) is 0 Å². The smallest absolute Gasteiger partial charge is 0.0827 e. The summed E-state index contributed by atoms with van der Waals surface area (Å²) in [4.78, 5) is 0. The maximum atomic E-state index is 5.51. The Morgan fingerprint density at radius 3 is 2.76 bits per heavy atom. The molecule has 0 atom stereocenters. The first kappa shape index (κ1) is 13.8. The van der Waals surface area contributed by atoms with Crippen LogP contribution in [0.2, 0.25) is 0 Å². The first-order chi connectivity index (χ1) is 10.4. The van der Waals surface area contributed by atoms with E-state index >= 15 is 0 Å². The van der Waals surface area contributed by atoms with Gasteiger partial charge in [-0.05, 0) is 42.1 Å². The number of hydrogen-bond donors (Lipinski definition) is 1. The van der Waals surface area contributed by atoms with Gasteiger partial charge in [0.05, 0.1) is 12.2 Å². The zero-order valence-electron chi connectivity index (χ0n) is 12.1. The molecule has 0 bridgehead atoms. The number of aromatic nitrogens is 3. The second-order valence-corrected chi connectivity index (χ2v) is 5.29. The van der Waals surface area contributed by atoms with Crippen LogP contribution in [0.25, 0.3) is 10.8 Å². The van der Waals surface area contributed by atoms with Gasteiger partial charge in [-0.3, -0.25) is 0 Å². The fraction of sp³-hybridized carbons (Fsp3) is 0.294. The van der Waals surface area contributed by atoms with E-state index < -0.39 is 0 Å². The highest BCUT2D eigenvalue weighted by molar-refractivity contribution is 5.85. The zero-order valence-corrected chi connectivity index (χ0v) is 12.1. The predicted octanol–water partition coefficient (Wildman–Crippen LogP) is 2.76. The molecule has 2 aromatic carbocycles. The van der Waals surface area contributed by atoms with Gasteiger partial charge in [-0.25, -0.2) is 4.68 Å². The summed E-state index contributed by atoms with van der Waals surface area (Å²) < 4.78 is 1.92. The number of nitrogens with two attached hydrogens (primary N) is 1. The summed E-state index contributed by atoms with van der Waals surface area (Å²) in [7, 11) is 0. The van der Waals surface area contributed by atoms with Crippen LogP contribution in [0.3, 0.4) is 0 Å². The van der Waals surface area contributed by atoms with Crippen LogP contribution >= 0.6 is 0 Å². The van der Waals surface area contributed by atoms with Crippen molar-refractivity contribution < 1.29 is 0 Å². The Bertz CT molecular complexity index is 712. The second-order valence-electron chi connectivity index (χ2n) is 5.29. The lowest BCUT2D eigenvalue weighted by Gasteiger charge is -2.05. The van der Waals surface area contributed by atoms with Gasteiger partial charge in [-0.1, -0.05) is 47.7 Å². The average Bonchev–Trinajstić information content (AvgIpc) is 2.96. The molecule has 3 aromatic rings. The lowest BCUT2D eigenvalue weighted by Crippen LogP contribution is -2.01. The van der Waals surface area contributed by atoms with E-state index in [1.165, 1.54) is 16.3 Å². The molecular weight excluding hydrogens is 260 g/mol. The Hall–Kier alpha value is -2.20. The molecule has 0 unspecified atom stereocenters. The molecule has 1 heterocycles. The van der Waals surface area contributed by atoms with E-state index in [9.17, 15) is 0 Å². The van der Waals surface area contributed by atoms with Gasteiger partial charge in [-0.2, -0.15) is 0 Å². The minimum Gasteiger partial charge on any atom is -0.330 e. The number of fused-ring (bicyclic) bond motifs is 1. The van der Waals surface area contributed by atoms with Crippen molar-refractivity contribution in [3.05, 3.63) is 59.9 Å².